The minimum Gasteiger partial charge on any atom is -0.405 e. The Morgan fingerprint density at radius 3 is 2.48 bits per heavy atom. The Morgan fingerprint density at radius 2 is 1.86 bits per heavy atom. The number of carbonyl (C=O) groups excluding carboxylic acids is 1. The molecule has 1 N–H and O–H groups in total. The van der Waals surface area contributed by atoms with Crippen LogP contribution < -0.4 is 10.1 Å². The van der Waals surface area contributed by atoms with Crippen molar-refractivity contribution in [3.63, 3.8) is 0 Å². The molecule has 0 saturated carbocycles. The predicted molar refractivity (Wildman–Crippen MR) is 74.7 cm³/mol. The van der Waals surface area contributed by atoms with Gasteiger partial charge in [0, 0.05) is 17.9 Å². The molecule has 1 aromatic carbocycles. The second-order valence-electron chi connectivity index (χ2n) is 4.82. The summed E-state index contributed by atoms with van der Waals surface area (Å²) in [6.07, 6.45) is -3.28. The second kappa shape index (κ2) is 7.66. The SMILES string of the molecule is Cl.O=C(Cc1ccccc1OC(F)(F)F)C1CCNCC1. The van der Waals surface area contributed by atoms with E-state index in [1.165, 1.54) is 18.2 Å². The average Bonchev–Trinajstić information content (AvgIpc) is 2.40. The summed E-state index contributed by atoms with van der Waals surface area (Å²) in [5, 5.41) is 3.15. The van der Waals surface area contributed by atoms with E-state index in [0.717, 1.165) is 25.9 Å². The molecule has 0 unspecified atom stereocenters. The van der Waals surface area contributed by atoms with Crippen molar-refractivity contribution in [2.45, 2.75) is 25.6 Å². The van der Waals surface area contributed by atoms with Crippen LogP contribution >= 0.6 is 12.4 Å². The molecule has 1 heterocycles. The first-order valence-electron chi connectivity index (χ1n) is 6.53. The Hall–Kier alpha value is -1.27. The van der Waals surface area contributed by atoms with E-state index in [4.69, 9.17) is 0 Å². The average molecular weight is 324 g/mol. The Labute approximate surface area is 127 Å². The molecule has 0 radical (unpaired) electrons. The molecule has 3 nitrogen and oxygen atoms in total. The third-order valence-corrected chi connectivity index (χ3v) is 3.36. The standard InChI is InChI=1S/C14H16F3NO2.ClH/c15-14(16,17)20-13-4-2-1-3-11(13)9-12(19)10-5-7-18-8-6-10;/h1-4,10,18H,5-9H2;1H. The lowest BCUT2D eigenvalue weighted by Crippen LogP contribution is -2.32. The molecule has 0 spiro atoms. The molecule has 0 aromatic heterocycles. The zero-order chi connectivity index (χ0) is 14.6. The number of hydrogen-bond donors (Lipinski definition) is 1. The van der Waals surface area contributed by atoms with Crippen molar-refractivity contribution in [1.29, 1.82) is 0 Å². The summed E-state index contributed by atoms with van der Waals surface area (Å²) in [6.45, 7) is 1.55. The van der Waals surface area contributed by atoms with E-state index in [-0.39, 0.29) is 41.8 Å². The minimum absolute atomic E-state index is 0. The lowest BCUT2D eigenvalue weighted by atomic mass is 9.90. The molecule has 2 rings (SSSR count). The second-order valence-corrected chi connectivity index (χ2v) is 4.82. The number of hydrogen-bond acceptors (Lipinski definition) is 3. The predicted octanol–water partition coefficient (Wildman–Crippen LogP) is 3.12. The van der Waals surface area contributed by atoms with E-state index >= 15 is 0 Å². The minimum atomic E-state index is -4.74. The number of halogens is 4. The van der Waals surface area contributed by atoms with Crippen molar-refractivity contribution >= 4 is 18.2 Å². The Bertz CT molecular complexity index is 474. The van der Waals surface area contributed by atoms with Gasteiger partial charge in [-0.3, -0.25) is 4.79 Å². The normalized spacial score (nSPS) is 16.1. The fourth-order valence-electron chi connectivity index (χ4n) is 2.35. The van der Waals surface area contributed by atoms with Crippen molar-refractivity contribution in [1.82, 2.24) is 5.32 Å². The first kappa shape index (κ1) is 17.8. The van der Waals surface area contributed by atoms with Crippen LogP contribution in [0.4, 0.5) is 13.2 Å². The molecule has 1 fully saturated rings. The first-order valence-corrected chi connectivity index (χ1v) is 6.53. The lowest BCUT2D eigenvalue weighted by Gasteiger charge is -2.22. The summed E-state index contributed by atoms with van der Waals surface area (Å²) >= 11 is 0. The maximum absolute atomic E-state index is 12.3. The highest BCUT2D eigenvalue weighted by Crippen LogP contribution is 2.27. The highest BCUT2D eigenvalue weighted by molar-refractivity contribution is 5.85. The number of Topliss-reactive ketones (excluding diaryl/α,β-unsaturated/α-hetero) is 1. The zero-order valence-corrected chi connectivity index (χ0v) is 12.1. The van der Waals surface area contributed by atoms with Gasteiger partial charge in [-0.1, -0.05) is 18.2 Å². The van der Waals surface area contributed by atoms with Gasteiger partial charge in [0.05, 0.1) is 0 Å². The van der Waals surface area contributed by atoms with Crippen molar-refractivity contribution < 1.29 is 22.7 Å². The van der Waals surface area contributed by atoms with Crippen LogP contribution in [0.15, 0.2) is 24.3 Å². The van der Waals surface area contributed by atoms with Crippen molar-refractivity contribution in [2.24, 2.45) is 5.92 Å². The highest BCUT2D eigenvalue weighted by atomic mass is 35.5. The Morgan fingerprint density at radius 1 is 1.24 bits per heavy atom. The molecule has 21 heavy (non-hydrogen) atoms. The summed E-state index contributed by atoms with van der Waals surface area (Å²) in [5.74, 6) is -0.387. The maximum Gasteiger partial charge on any atom is 0.573 e. The van der Waals surface area contributed by atoms with E-state index in [1.54, 1.807) is 6.07 Å². The van der Waals surface area contributed by atoms with Crippen LogP contribution in [0.3, 0.4) is 0 Å². The van der Waals surface area contributed by atoms with Crippen molar-refractivity contribution in [2.75, 3.05) is 13.1 Å². The summed E-state index contributed by atoms with van der Waals surface area (Å²) in [5.41, 5.74) is 0.286. The number of alkyl halides is 3. The number of ketones is 1. The molecule has 1 saturated heterocycles. The number of rotatable bonds is 4. The van der Waals surface area contributed by atoms with Gasteiger partial charge < -0.3 is 10.1 Å². The summed E-state index contributed by atoms with van der Waals surface area (Å²) in [7, 11) is 0. The van der Waals surface area contributed by atoms with Crippen LogP contribution in [-0.2, 0) is 11.2 Å². The van der Waals surface area contributed by atoms with Gasteiger partial charge in [-0.15, -0.1) is 25.6 Å². The molecule has 1 aliphatic heterocycles. The molecule has 0 bridgehead atoms. The molecule has 118 valence electrons. The van der Waals surface area contributed by atoms with Gasteiger partial charge in [0.2, 0.25) is 0 Å². The molecule has 1 aliphatic rings. The van der Waals surface area contributed by atoms with Gasteiger partial charge in [-0.05, 0) is 32.0 Å². The van der Waals surface area contributed by atoms with Crippen molar-refractivity contribution in [3.8, 4) is 5.75 Å². The van der Waals surface area contributed by atoms with E-state index in [0.29, 0.717) is 0 Å². The van der Waals surface area contributed by atoms with Gasteiger partial charge in [0.25, 0.3) is 0 Å². The number of para-hydroxylation sites is 1. The Balaban J connectivity index is 0.00000220. The number of carbonyl (C=O) groups is 1. The summed E-state index contributed by atoms with van der Waals surface area (Å²) < 4.78 is 40.9. The quantitative estimate of drug-likeness (QED) is 0.925. The fourth-order valence-corrected chi connectivity index (χ4v) is 2.35. The third kappa shape index (κ3) is 5.55. The van der Waals surface area contributed by atoms with Gasteiger partial charge in [0.1, 0.15) is 11.5 Å². The smallest absolute Gasteiger partial charge is 0.405 e. The van der Waals surface area contributed by atoms with E-state index in [1.807, 2.05) is 0 Å². The molecular formula is C14H17ClF3NO2. The zero-order valence-electron chi connectivity index (χ0n) is 11.3. The summed E-state index contributed by atoms with van der Waals surface area (Å²) in [6, 6.07) is 5.80. The highest BCUT2D eigenvalue weighted by Gasteiger charge is 2.32. The molecule has 0 aliphatic carbocycles. The number of ether oxygens (including phenoxy) is 1. The molecule has 0 amide bonds. The third-order valence-electron chi connectivity index (χ3n) is 3.36. The van der Waals surface area contributed by atoms with Crippen molar-refractivity contribution in [3.05, 3.63) is 29.8 Å². The van der Waals surface area contributed by atoms with Gasteiger partial charge in [-0.25, -0.2) is 0 Å². The lowest BCUT2D eigenvalue weighted by molar-refractivity contribution is -0.274. The summed E-state index contributed by atoms with van der Waals surface area (Å²) in [4.78, 5) is 12.1. The van der Waals surface area contributed by atoms with Crippen LogP contribution in [0.5, 0.6) is 5.75 Å². The van der Waals surface area contributed by atoms with E-state index in [9.17, 15) is 18.0 Å². The molecule has 1 aromatic rings. The van der Waals surface area contributed by atoms with Crippen LogP contribution in [-0.4, -0.2) is 25.2 Å². The Kier molecular flexibility index (Phi) is 6.48. The molecule has 0 atom stereocenters. The van der Waals surface area contributed by atoms with Crippen LogP contribution in [0.2, 0.25) is 0 Å². The first-order chi connectivity index (χ1) is 9.46. The number of nitrogens with one attached hydrogen (secondary N) is 1. The maximum atomic E-state index is 12.3. The van der Waals surface area contributed by atoms with Gasteiger partial charge in [0.15, 0.2) is 0 Å². The molecular weight excluding hydrogens is 307 g/mol. The van der Waals surface area contributed by atoms with E-state index in [2.05, 4.69) is 10.1 Å². The number of piperidine rings is 1. The van der Waals surface area contributed by atoms with E-state index < -0.39 is 6.36 Å². The topological polar surface area (TPSA) is 38.3 Å². The van der Waals surface area contributed by atoms with Crippen LogP contribution in [0.1, 0.15) is 18.4 Å². The van der Waals surface area contributed by atoms with Gasteiger partial charge >= 0.3 is 6.36 Å². The fraction of sp³-hybridized carbons (Fsp3) is 0.500. The van der Waals surface area contributed by atoms with Crippen LogP contribution in [0.25, 0.3) is 0 Å². The largest absolute Gasteiger partial charge is 0.573 e. The molecule has 7 heteroatoms. The monoisotopic (exact) mass is 323 g/mol. The van der Waals surface area contributed by atoms with Gasteiger partial charge in [-0.2, -0.15) is 0 Å². The van der Waals surface area contributed by atoms with Crippen LogP contribution in [0, 0.1) is 5.92 Å². The number of benzene rings is 1.